The number of benzene rings is 1. The quantitative estimate of drug-likeness (QED) is 0.741. The molecule has 3 N–H and O–H groups in total. The zero-order valence-corrected chi connectivity index (χ0v) is 14.9. The summed E-state index contributed by atoms with van der Waals surface area (Å²) < 4.78 is 0. The third kappa shape index (κ3) is 6.02. The number of rotatable bonds is 8. The van der Waals surface area contributed by atoms with E-state index in [1.54, 1.807) is 14.1 Å². The predicted octanol–water partition coefficient (Wildman–Crippen LogP) is 0.714. The van der Waals surface area contributed by atoms with E-state index >= 15 is 0 Å². The SMILES string of the molecule is CCc1ccc([C@@H]([NH2+]CC(=O)N(C)CC(=O)NC)C(C)C)cc1. The molecule has 128 valence electrons. The molecule has 0 aliphatic heterocycles. The molecule has 0 spiro atoms. The van der Waals surface area contributed by atoms with Crippen LogP contribution >= 0.6 is 0 Å². The van der Waals surface area contributed by atoms with Gasteiger partial charge in [-0.05, 0) is 12.0 Å². The van der Waals surface area contributed by atoms with Gasteiger partial charge in [0.05, 0.1) is 6.54 Å². The van der Waals surface area contributed by atoms with Gasteiger partial charge in [0, 0.05) is 25.6 Å². The number of nitrogens with two attached hydrogens (primary N) is 1. The molecular weight excluding hydrogens is 290 g/mol. The summed E-state index contributed by atoms with van der Waals surface area (Å²) in [5.74, 6) is 0.223. The number of carbonyl (C=O) groups is 2. The molecule has 0 bridgehead atoms. The Bertz CT molecular complexity index is 512. The summed E-state index contributed by atoms with van der Waals surface area (Å²) in [6, 6.07) is 8.84. The number of likely N-dealkylation sites (N-methyl/N-ethyl adjacent to an activating group) is 2. The Morgan fingerprint density at radius 1 is 1.22 bits per heavy atom. The fraction of sp³-hybridized carbons (Fsp3) is 0.556. The zero-order chi connectivity index (χ0) is 17.4. The van der Waals surface area contributed by atoms with Gasteiger partial charge in [0.25, 0.3) is 5.91 Å². The van der Waals surface area contributed by atoms with Gasteiger partial charge in [-0.2, -0.15) is 0 Å². The second kappa shape index (κ2) is 9.30. The third-order valence-electron chi connectivity index (χ3n) is 4.12. The highest BCUT2D eigenvalue weighted by molar-refractivity contribution is 5.84. The lowest BCUT2D eigenvalue weighted by molar-refractivity contribution is -0.692. The lowest BCUT2D eigenvalue weighted by atomic mass is 9.95. The highest BCUT2D eigenvalue weighted by Crippen LogP contribution is 2.18. The number of quaternary nitrogens is 1. The summed E-state index contributed by atoms with van der Waals surface area (Å²) in [5, 5.41) is 4.59. The van der Waals surface area contributed by atoms with Gasteiger partial charge >= 0.3 is 0 Å². The molecule has 0 radical (unpaired) electrons. The van der Waals surface area contributed by atoms with Crippen molar-refractivity contribution >= 4 is 11.8 Å². The van der Waals surface area contributed by atoms with E-state index in [0.717, 1.165) is 6.42 Å². The fourth-order valence-corrected chi connectivity index (χ4v) is 2.53. The van der Waals surface area contributed by atoms with Crippen LogP contribution < -0.4 is 10.6 Å². The Balaban J connectivity index is 2.65. The van der Waals surface area contributed by atoms with Crippen molar-refractivity contribution < 1.29 is 14.9 Å². The minimum atomic E-state index is -0.156. The van der Waals surface area contributed by atoms with E-state index in [9.17, 15) is 9.59 Å². The second-order valence-electron chi connectivity index (χ2n) is 6.23. The molecule has 5 nitrogen and oxygen atoms in total. The van der Waals surface area contributed by atoms with Crippen LogP contribution in [0.5, 0.6) is 0 Å². The monoisotopic (exact) mass is 320 g/mol. The van der Waals surface area contributed by atoms with Crippen molar-refractivity contribution in [2.45, 2.75) is 33.2 Å². The van der Waals surface area contributed by atoms with Crippen molar-refractivity contribution in [3.8, 4) is 0 Å². The molecule has 0 aromatic heterocycles. The number of hydrogen-bond donors (Lipinski definition) is 2. The number of aryl methyl sites for hydroxylation is 1. The normalized spacial score (nSPS) is 12.1. The lowest BCUT2D eigenvalue weighted by Crippen LogP contribution is -2.88. The van der Waals surface area contributed by atoms with E-state index in [0.29, 0.717) is 12.5 Å². The predicted molar refractivity (Wildman–Crippen MR) is 91.9 cm³/mol. The molecule has 0 saturated carbocycles. The Labute approximate surface area is 139 Å². The number of amides is 2. The zero-order valence-electron chi connectivity index (χ0n) is 14.9. The highest BCUT2D eigenvalue weighted by atomic mass is 16.2. The number of nitrogens with one attached hydrogen (secondary N) is 1. The van der Waals surface area contributed by atoms with Crippen molar-refractivity contribution in [3.63, 3.8) is 0 Å². The van der Waals surface area contributed by atoms with Gasteiger partial charge in [-0.25, -0.2) is 0 Å². The number of hydrogen-bond acceptors (Lipinski definition) is 2. The minimum absolute atomic E-state index is 0.0376. The van der Waals surface area contributed by atoms with Crippen LogP contribution in [0.15, 0.2) is 24.3 Å². The molecule has 23 heavy (non-hydrogen) atoms. The molecule has 0 aliphatic rings. The van der Waals surface area contributed by atoms with Crippen LogP contribution in [0.1, 0.15) is 37.9 Å². The van der Waals surface area contributed by atoms with Gasteiger partial charge in [-0.1, -0.05) is 45.0 Å². The van der Waals surface area contributed by atoms with E-state index in [2.05, 4.69) is 55.7 Å². The summed E-state index contributed by atoms with van der Waals surface area (Å²) in [7, 11) is 3.23. The molecule has 0 fully saturated rings. The third-order valence-corrected chi connectivity index (χ3v) is 4.12. The van der Waals surface area contributed by atoms with Gasteiger partial charge in [0.2, 0.25) is 5.91 Å². The maximum Gasteiger partial charge on any atom is 0.277 e. The van der Waals surface area contributed by atoms with Crippen LogP contribution in [0.4, 0.5) is 0 Å². The molecule has 0 aliphatic carbocycles. The van der Waals surface area contributed by atoms with Crippen LogP contribution in [-0.2, 0) is 16.0 Å². The summed E-state index contributed by atoms with van der Waals surface area (Å²) in [4.78, 5) is 25.0. The Morgan fingerprint density at radius 3 is 2.30 bits per heavy atom. The van der Waals surface area contributed by atoms with E-state index < -0.39 is 0 Å². The van der Waals surface area contributed by atoms with Crippen LogP contribution in [-0.4, -0.2) is 43.9 Å². The summed E-state index contributed by atoms with van der Waals surface area (Å²) in [6.45, 7) is 6.90. The van der Waals surface area contributed by atoms with E-state index in [1.807, 2.05) is 0 Å². The standard InChI is InChI=1S/C18H29N3O2/c1-6-14-7-9-15(10-8-14)18(13(2)3)20-11-17(23)21(5)12-16(22)19-4/h7-10,13,18,20H,6,11-12H2,1-5H3,(H,19,22)/p+1/t18-/m0/s1. The molecule has 1 rings (SSSR count). The van der Waals surface area contributed by atoms with Crippen molar-refractivity contribution in [2.75, 3.05) is 27.2 Å². The van der Waals surface area contributed by atoms with Gasteiger partial charge in [0.15, 0.2) is 6.54 Å². The molecule has 5 heteroatoms. The lowest BCUT2D eigenvalue weighted by Gasteiger charge is -2.21. The van der Waals surface area contributed by atoms with Crippen LogP contribution in [0.25, 0.3) is 0 Å². The summed E-state index contributed by atoms with van der Waals surface area (Å²) in [6.07, 6.45) is 1.03. The molecule has 0 unspecified atom stereocenters. The van der Waals surface area contributed by atoms with Gasteiger partial charge < -0.3 is 15.5 Å². The number of nitrogens with zero attached hydrogens (tertiary/aromatic N) is 1. The van der Waals surface area contributed by atoms with Crippen LogP contribution in [0.2, 0.25) is 0 Å². The summed E-state index contributed by atoms with van der Waals surface area (Å²) >= 11 is 0. The second-order valence-corrected chi connectivity index (χ2v) is 6.23. The topological polar surface area (TPSA) is 66.0 Å². The van der Waals surface area contributed by atoms with Crippen molar-refractivity contribution in [1.29, 1.82) is 0 Å². The first kappa shape index (κ1) is 19.2. The molecule has 1 aromatic carbocycles. The maximum absolute atomic E-state index is 12.2. The average molecular weight is 320 g/mol. The first-order valence-electron chi connectivity index (χ1n) is 8.25. The van der Waals surface area contributed by atoms with Crippen molar-refractivity contribution in [2.24, 2.45) is 5.92 Å². The molecule has 1 atom stereocenters. The van der Waals surface area contributed by atoms with Crippen molar-refractivity contribution in [1.82, 2.24) is 10.2 Å². The smallest absolute Gasteiger partial charge is 0.277 e. The van der Waals surface area contributed by atoms with Gasteiger partial charge in [-0.15, -0.1) is 0 Å². The van der Waals surface area contributed by atoms with Crippen LogP contribution in [0, 0.1) is 5.92 Å². The molecule has 1 aromatic rings. The number of carbonyl (C=O) groups excluding carboxylic acids is 2. The highest BCUT2D eigenvalue weighted by Gasteiger charge is 2.22. The first-order chi connectivity index (χ1) is 10.9. The summed E-state index contributed by atoms with van der Waals surface area (Å²) in [5.41, 5.74) is 2.55. The fourth-order valence-electron chi connectivity index (χ4n) is 2.53. The molecular formula is C18H30N3O2+. The Kier molecular flexibility index (Phi) is 7.75. The Hall–Kier alpha value is -1.88. The molecule has 0 heterocycles. The Morgan fingerprint density at radius 2 is 1.83 bits per heavy atom. The molecule has 0 saturated heterocycles. The van der Waals surface area contributed by atoms with E-state index in [-0.39, 0.29) is 24.4 Å². The minimum Gasteiger partial charge on any atom is -0.358 e. The van der Waals surface area contributed by atoms with Crippen LogP contribution in [0.3, 0.4) is 0 Å². The van der Waals surface area contributed by atoms with Crippen molar-refractivity contribution in [3.05, 3.63) is 35.4 Å². The first-order valence-corrected chi connectivity index (χ1v) is 8.25. The maximum atomic E-state index is 12.2. The largest absolute Gasteiger partial charge is 0.358 e. The van der Waals surface area contributed by atoms with Gasteiger partial charge in [-0.3, -0.25) is 9.59 Å². The van der Waals surface area contributed by atoms with Gasteiger partial charge in [0.1, 0.15) is 6.04 Å². The van der Waals surface area contributed by atoms with E-state index in [1.165, 1.54) is 16.0 Å². The van der Waals surface area contributed by atoms with E-state index in [4.69, 9.17) is 0 Å². The average Bonchev–Trinajstić information content (AvgIpc) is 2.54. The molecule has 2 amide bonds.